The number of nitrogens with two attached hydrogens (primary N) is 2. The molecule has 0 saturated heterocycles. The number of methoxy groups -OCH3 is 2. The minimum Gasteiger partial charge on any atom is -0.468 e. The van der Waals surface area contributed by atoms with Crippen molar-refractivity contribution in [1.29, 1.82) is 0 Å². The van der Waals surface area contributed by atoms with E-state index in [0.29, 0.717) is 6.42 Å². The predicted octanol–water partition coefficient (Wildman–Crippen LogP) is 3.62. The molecule has 176 valence electrons. The van der Waals surface area contributed by atoms with Crippen molar-refractivity contribution in [3.05, 3.63) is 0 Å². The first-order chi connectivity index (χ1) is 14.4. The third kappa shape index (κ3) is 13.5. The van der Waals surface area contributed by atoms with Crippen molar-refractivity contribution in [3.63, 3.8) is 0 Å². The average Bonchev–Trinajstić information content (AvgIpc) is 2.75. The van der Waals surface area contributed by atoms with Crippen LogP contribution in [0.5, 0.6) is 0 Å². The van der Waals surface area contributed by atoms with Gasteiger partial charge >= 0.3 is 11.9 Å². The van der Waals surface area contributed by atoms with Gasteiger partial charge in [0, 0.05) is 12.2 Å². The lowest BCUT2D eigenvalue weighted by molar-refractivity contribution is -0.143. The molecular formula is C21H40N2O5S2. The van der Waals surface area contributed by atoms with Crippen LogP contribution in [-0.4, -0.2) is 55.0 Å². The SMILES string of the molecule is CCCCCCCCCCCCC(=O)C(SSC[C@H](N)C(=O)OC)[C@H](N)C(=O)OC. The molecule has 0 aromatic carbocycles. The molecule has 30 heavy (non-hydrogen) atoms. The Kier molecular flexibility index (Phi) is 18.5. The number of hydrogen-bond acceptors (Lipinski definition) is 9. The van der Waals surface area contributed by atoms with E-state index in [1.54, 1.807) is 0 Å². The molecule has 0 spiro atoms. The van der Waals surface area contributed by atoms with Gasteiger partial charge in [-0.15, -0.1) is 0 Å². The number of rotatable bonds is 19. The molecule has 9 heteroatoms. The van der Waals surface area contributed by atoms with Crippen LogP contribution < -0.4 is 11.5 Å². The van der Waals surface area contributed by atoms with Gasteiger partial charge < -0.3 is 20.9 Å². The van der Waals surface area contributed by atoms with Crippen molar-refractivity contribution < 1.29 is 23.9 Å². The Morgan fingerprint density at radius 2 is 1.30 bits per heavy atom. The summed E-state index contributed by atoms with van der Waals surface area (Å²) in [7, 11) is 4.93. The van der Waals surface area contributed by atoms with Gasteiger partial charge in [0.05, 0.1) is 19.5 Å². The minimum absolute atomic E-state index is 0.0726. The van der Waals surface area contributed by atoms with Crippen LogP contribution in [-0.2, 0) is 23.9 Å². The molecule has 0 aliphatic heterocycles. The van der Waals surface area contributed by atoms with E-state index in [4.69, 9.17) is 16.2 Å². The van der Waals surface area contributed by atoms with Crippen molar-refractivity contribution >= 4 is 39.3 Å². The van der Waals surface area contributed by atoms with Gasteiger partial charge in [0.15, 0.2) is 0 Å². The maximum atomic E-state index is 12.7. The van der Waals surface area contributed by atoms with E-state index in [2.05, 4.69) is 11.7 Å². The molecule has 0 aliphatic rings. The third-order valence-electron chi connectivity index (χ3n) is 4.82. The molecule has 1 unspecified atom stereocenters. The molecular weight excluding hydrogens is 424 g/mol. The van der Waals surface area contributed by atoms with E-state index >= 15 is 0 Å². The number of hydrogen-bond donors (Lipinski definition) is 2. The fourth-order valence-corrected chi connectivity index (χ4v) is 5.67. The second-order valence-electron chi connectivity index (χ2n) is 7.38. The largest absolute Gasteiger partial charge is 0.468 e. The first-order valence-electron chi connectivity index (χ1n) is 10.9. The lowest BCUT2D eigenvalue weighted by Crippen LogP contribution is -2.45. The Bertz CT molecular complexity index is 494. The number of esters is 2. The van der Waals surface area contributed by atoms with Crippen LogP contribution in [0.1, 0.15) is 77.6 Å². The van der Waals surface area contributed by atoms with E-state index in [9.17, 15) is 14.4 Å². The zero-order valence-corrected chi connectivity index (χ0v) is 20.4. The van der Waals surface area contributed by atoms with E-state index in [1.807, 2.05) is 0 Å². The highest BCUT2D eigenvalue weighted by molar-refractivity contribution is 8.77. The summed E-state index contributed by atoms with van der Waals surface area (Å²) in [6.45, 7) is 2.22. The number of carbonyl (C=O) groups is 3. The van der Waals surface area contributed by atoms with Gasteiger partial charge in [0.25, 0.3) is 0 Å². The Morgan fingerprint density at radius 3 is 1.80 bits per heavy atom. The predicted molar refractivity (Wildman–Crippen MR) is 125 cm³/mol. The van der Waals surface area contributed by atoms with Crippen LogP contribution in [0, 0.1) is 0 Å². The average molecular weight is 465 g/mol. The molecule has 0 fully saturated rings. The van der Waals surface area contributed by atoms with Gasteiger partial charge in [-0.2, -0.15) is 0 Å². The van der Waals surface area contributed by atoms with Gasteiger partial charge in [-0.05, 0) is 6.42 Å². The number of unbranched alkanes of at least 4 members (excludes halogenated alkanes) is 9. The molecule has 0 rings (SSSR count). The summed E-state index contributed by atoms with van der Waals surface area (Å²) in [4.78, 5) is 35.9. The van der Waals surface area contributed by atoms with Crippen molar-refractivity contribution in [2.45, 2.75) is 94.9 Å². The summed E-state index contributed by atoms with van der Waals surface area (Å²) in [5.41, 5.74) is 11.7. The second-order valence-corrected chi connectivity index (χ2v) is 9.93. The zero-order valence-electron chi connectivity index (χ0n) is 18.7. The number of carbonyl (C=O) groups excluding carboxylic acids is 3. The van der Waals surface area contributed by atoms with Gasteiger partial charge in [0.2, 0.25) is 0 Å². The van der Waals surface area contributed by atoms with Gasteiger partial charge in [-0.3, -0.25) is 14.4 Å². The fraction of sp³-hybridized carbons (Fsp3) is 0.857. The number of Topliss-reactive ketones (excluding diaryl/α,β-unsaturated/α-hetero) is 1. The highest BCUT2D eigenvalue weighted by atomic mass is 33.1. The molecule has 0 radical (unpaired) electrons. The second kappa shape index (κ2) is 19.0. The zero-order chi connectivity index (χ0) is 22.8. The molecule has 0 aliphatic carbocycles. The van der Waals surface area contributed by atoms with Crippen LogP contribution in [0.4, 0.5) is 0 Å². The normalized spacial score (nSPS) is 14.0. The molecule has 0 aromatic rings. The van der Waals surface area contributed by atoms with Crippen molar-refractivity contribution in [2.75, 3.05) is 20.0 Å². The fourth-order valence-electron chi connectivity index (χ4n) is 2.91. The maximum Gasteiger partial charge on any atom is 0.324 e. The van der Waals surface area contributed by atoms with Crippen molar-refractivity contribution in [2.24, 2.45) is 11.5 Å². The quantitative estimate of drug-likeness (QED) is 0.168. The van der Waals surface area contributed by atoms with Crippen LogP contribution in [0.15, 0.2) is 0 Å². The van der Waals surface area contributed by atoms with E-state index in [1.165, 1.54) is 80.8 Å². The van der Waals surface area contributed by atoms with Gasteiger partial charge in [0.1, 0.15) is 17.9 Å². The van der Waals surface area contributed by atoms with Gasteiger partial charge in [-0.25, -0.2) is 0 Å². The molecule has 4 N–H and O–H groups in total. The Hall–Kier alpha value is -0.770. The number of ether oxygens (including phenoxy) is 2. The smallest absolute Gasteiger partial charge is 0.324 e. The van der Waals surface area contributed by atoms with Crippen LogP contribution >= 0.6 is 21.6 Å². The van der Waals surface area contributed by atoms with Crippen LogP contribution in [0.25, 0.3) is 0 Å². The topological polar surface area (TPSA) is 122 Å². The van der Waals surface area contributed by atoms with Crippen molar-refractivity contribution in [1.82, 2.24) is 0 Å². The van der Waals surface area contributed by atoms with E-state index in [-0.39, 0.29) is 11.5 Å². The first-order valence-corrected chi connectivity index (χ1v) is 13.2. The van der Waals surface area contributed by atoms with Crippen LogP contribution in [0.2, 0.25) is 0 Å². The summed E-state index contributed by atoms with van der Waals surface area (Å²) in [6.07, 6.45) is 12.2. The maximum absolute atomic E-state index is 12.7. The lowest BCUT2D eigenvalue weighted by atomic mass is 10.0. The summed E-state index contributed by atoms with van der Waals surface area (Å²) in [5, 5.41) is -0.731. The molecule has 0 aromatic heterocycles. The Morgan fingerprint density at radius 1 is 0.800 bits per heavy atom. The summed E-state index contributed by atoms with van der Waals surface area (Å²) < 4.78 is 9.28. The minimum atomic E-state index is -1.04. The number of ketones is 1. The van der Waals surface area contributed by atoms with Gasteiger partial charge in [-0.1, -0.05) is 86.3 Å². The molecule has 3 atom stereocenters. The van der Waals surface area contributed by atoms with E-state index in [0.717, 1.165) is 19.3 Å². The van der Waals surface area contributed by atoms with Crippen LogP contribution in [0.3, 0.4) is 0 Å². The highest BCUT2D eigenvalue weighted by Crippen LogP contribution is 2.31. The highest BCUT2D eigenvalue weighted by Gasteiger charge is 2.32. The lowest BCUT2D eigenvalue weighted by Gasteiger charge is -2.20. The summed E-state index contributed by atoms with van der Waals surface area (Å²) in [6, 6.07) is -1.84. The Balaban J connectivity index is 4.28. The standard InChI is InChI=1S/C21H40N2O5S2/c1-4-5-6-7-8-9-10-11-12-13-14-17(24)19(18(23)21(26)28-3)30-29-15-16(22)20(25)27-2/h16,18-19H,4-15,22-23H2,1-3H3/t16-,18-,19?/m0/s1. The monoisotopic (exact) mass is 464 g/mol. The summed E-state index contributed by atoms with van der Waals surface area (Å²) in [5.74, 6) is -0.959. The molecule has 7 nitrogen and oxygen atoms in total. The molecule has 0 heterocycles. The Labute approximate surface area is 189 Å². The summed E-state index contributed by atoms with van der Waals surface area (Å²) >= 11 is 0. The molecule has 0 saturated carbocycles. The molecule has 0 bridgehead atoms. The molecule has 0 amide bonds. The third-order valence-corrected chi connectivity index (χ3v) is 7.65. The van der Waals surface area contributed by atoms with Crippen molar-refractivity contribution in [3.8, 4) is 0 Å². The van der Waals surface area contributed by atoms with E-state index < -0.39 is 29.3 Å². The first kappa shape index (κ1) is 29.2.